The minimum atomic E-state index is -0.390. The Labute approximate surface area is 137 Å². The van der Waals surface area contributed by atoms with Crippen LogP contribution in [-0.4, -0.2) is 32.1 Å². The molecule has 0 atom stereocenters. The second kappa shape index (κ2) is 8.98. The Morgan fingerprint density at radius 2 is 2.13 bits per heavy atom. The fraction of sp³-hybridized carbons (Fsp3) is 0.444. The van der Waals surface area contributed by atoms with Crippen LogP contribution in [0.25, 0.3) is 0 Å². The molecule has 0 fully saturated rings. The van der Waals surface area contributed by atoms with Gasteiger partial charge in [-0.05, 0) is 50.3 Å². The van der Waals surface area contributed by atoms with Gasteiger partial charge in [-0.25, -0.2) is 4.79 Å². The Kier molecular flexibility index (Phi) is 6.66. The van der Waals surface area contributed by atoms with Gasteiger partial charge in [0.1, 0.15) is 0 Å². The quantitative estimate of drug-likeness (QED) is 0.599. The SMILES string of the molecule is COC(=O)c1cccc(NCC(=O)NCCC2=CCCCC2)c1. The third kappa shape index (κ3) is 5.77. The van der Waals surface area contributed by atoms with Gasteiger partial charge < -0.3 is 15.4 Å². The molecule has 0 saturated heterocycles. The van der Waals surface area contributed by atoms with Crippen LogP contribution in [0.1, 0.15) is 42.5 Å². The van der Waals surface area contributed by atoms with Crippen molar-refractivity contribution in [3.05, 3.63) is 41.5 Å². The summed E-state index contributed by atoms with van der Waals surface area (Å²) >= 11 is 0. The molecule has 1 amide bonds. The summed E-state index contributed by atoms with van der Waals surface area (Å²) in [4.78, 5) is 23.3. The topological polar surface area (TPSA) is 67.4 Å². The first-order chi connectivity index (χ1) is 11.2. The standard InChI is InChI=1S/C18H24N2O3/c1-23-18(22)15-8-5-9-16(12-15)20-13-17(21)19-11-10-14-6-3-2-4-7-14/h5-6,8-9,12,20H,2-4,7,10-11,13H2,1H3,(H,19,21). The predicted octanol–water partition coefficient (Wildman–Crippen LogP) is 2.89. The number of benzene rings is 1. The number of esters is 1. The van der Waals surface area contributed by atoms with Crippen molar-refractivity contribution in [2.24, 2.45) is 0 Å². The Morgan fingerprint density at radius 1 is 1.26 bits per heavy atom. The zero-order valence-electron chi connectivity index (χ0n) is 13.6. The summed E-state index contributed by atoms with van der Waals surface area (Å²) in [6, 6.07) is 6.91. The van der Waals surface area contributed by atoms with Crippen LogP contribution in [-0.2, 0) is 9.53 Å². The molecule has 124 valence electrons. The van der Waals surface area contributed by atoms with Gasteiger partial charge in [-0.15, -0.1) is 0 Å². The maximum atomic E-state index is 11.8. The van der Waals surface area contributed by atoms with E-state index in [-0.39, 0.29) is 18.4 Å². The Bertz CT molecular complexity index is 581. The maximum Gasteiger partial charge on any atom is 0.337 e. The van der Waals surface area contributed by atoms with E-state index in [9.17, 15) is 9.59 Å². The number of carbonyl (C=O) groups is 2. The zero-order valence-corrected chi connectivity index (χ0v) is 13.6. The molecule has 5 heteroatoms. The Morgan fingerprint density at radius 3 is 2.87 bits per heavy atom. The fourth-order valence-electron chi connectivity index (χ4n) is 2.61. The highest BCUT2D eigenvalue weighted by atomic mass is 16.5. The number of anilines is 1. The van der Waals surface area contributed by atoms with Crippen molar-refractivity contribution < 1.29 is 14.3 Å². The normalized spacial score (nSPS) is 13.9. The van der Waals surface area contributed by atoms with E-state index < -0.39 is 0 Å². The Balaban J connectivity index is 1.71. The van der Waals surface area contributed by atoms with Crippen molar-refractivity contribution in [3.8, 4) is 0 Å². The van der Waals surface area contributed by atoms with Gasteiger partial charge in [-0.2, -0.15) is 0 Å². The number of allylic oxidation sites excluding steroid dienone is 1. The summed E-state index contributed by atoms with van der Waals surface area (Å²) in [7, 11) is 1.34. The highest BCUT2D eigenvalue weighted by Crippen LogP contribution is 2.19. The summed E-state index contributed by atoms with van der Waals surface area (Å²) in [6.45, 7) is 0.859. The molecule has 2 N–H and O–H groups in total. The number of hydrogen-bond donors (Lipinski definition) is 2. The first-order valence-electron chi connectivity index (χ1n) is 8.06. The number of rotatable bonds is 7. The minimum Gasteiger partial charge on any atom is -0.465 e. The molecule has 1 aromatic carbocycles. The molecule has 1 aliphatic rings. The monoisotopic (exact) mass is 316 g/mol. The van der Waals surface area contributed by atoms with Crippen LogP contribution in [0.4, 0.5) is 5.69 Å². The van der Waals surface area contributed by atoms with E-state index in [4.69, 9.17) is 0 Å². The summed E-state index contributed by atoms with van der Waals surface area (Å²) < 4.78 is 4.68. The molecule has 1 aromatic rings. The lowest BCUT2D eigenvalue weighted by atomic mass is 9.97. The van der Waals surface area contributed by atoms with E-state index in [1.807, 2.05) is 6.07 Å². The van der Waals surface area contributed by atoms with Crippen LogP contribution in [0, 0.1) is 0 Å². The van der Waals surface area contributed by atoms with Crippen molar-refractivity contribution in [1.82, 2.24) is 5.32 Å². The van der Waals surface area contributed by atoms with Gasteiger partial charge in [0.25, 0.3) is 0 Å². The van der Waals surface area contributed by atoms with Gasteiger partial charge in [0.2, 0.25) is 5.91 Å². The first kappa shape index (κ1) is 17.1. The van der Waals surface area contributed by atoms with Gasteiger partial charge in [0.15, 0.2) is 0 Å². The van der Waals surface area contributed by atoms with Gasteiger partial charge in [0, 0.05) is 12.2 Å². The van der Waals surface area contributed by atoms with E-state index in [1.165, 1.54) is 31.9 Å². The summed E-state index contributed by atoms with van der Waals surface area (Å²) in [5, 5.41) is 5.93. The predicted molar refractivity (Wildman–Crippen MR) is 90.4 cm³/mol. The molecule has 0 spiro atoms. The van der Waals surface area contributed by atoms with E-state index >= 15 is 0 Å². The molecule has 0 saturated carbocycles. The molecular weight excluding hydrogens is 292 g/mol. The lowest BCUT2D eigenvalue weighted by molar-refractivity contribution is -0.119. The van der Waals surface area contributed by atoms with Crippen molar-refractivity contribution >= 4 is 17.6 Å². The molecule has 1 aliphatic carbocycles. The molecule has 0 radical (unpaired) electrons. The van der Waals surface area contributed by atoms with Gasteiger partial charge in [-0.1, -0.05) is 17.7 Å². The van der Waals surface area contributed by atoms with Crippen molar-refractivity contribution in [2.75, 3.05) is 25.5 Å². The number of methoxy groups -OCH3 is 1. The van der Waals surface area contributed by atoms with Crippen LogP contribution >= 0.6 is 0 Å². The largest absolute Gasteiger partial charge is 0.465 e. The molecule has 2 rings (SSSR count). The number of carbonyl (C=O) groups excluding carboxylic acids is 2. The average Bonchev–Trinajstić information content (AvgIpc) is 2.60. The zero-order chi connectivity index (χ0) is 16.5. The highest BCUT2D eigenvalue weighted by molar-refractivity contribution is 5.90. The third-order valence-corrected chi connectivity index (χ3v) is 3.89. The van der Waals surface area contributed by atoms with E-state index in [2.05, 4.69) is 21.4 Å². The van der Waals surface area contributed by atoms with Gasteiger partial charge in [0.05, 0.1) is 19.2 Å². The van der Waals surface area contributed by atoms with Crippen LogP contribution in [0.3, 0.4) is 0 Å². The van der Waals surface area contributed by atoms with Crippen LogP contribution in [0.15, 0.2) is 35.9 Å². The first-order valence-corrected chi connectivity index (χ1v) is 8.06. The van der Waals surface area contributed by atoms with E-state index in [0.29, 0.717) is 12.1 Å². The number of ether oxygens (including phenoxy) is 1. The Hall–Kier alpha value is -2.30. The second-order valence-corrected chi connectivity index (χ2v) is 5.63. The maximum absolute atomic E-state index is 11.8. The number of nitrogens with one attached hydrogen (secondary N) is 2. The highest BCUT2D eigenvalue weighted by Gasteiger charge is 2.07. The van der Waals surface area contributed by atoms with Crippen LogP contribution in [0.5, 0.6) is 0 Å². The molecular formula is C18H24N2O3. The van der Waals surface area contributed by atoms with Gasteiger partial charge >= 0.3 is 5.97 Å². The second-order valence-electron chi connectivity index (χ2n) is 5.63. The average molecular weight is 316 g/mol. The molecule has 5 nitrogen and oxygen atoms in total. The molecule has 0 aromatic heterocycles. The summed E-state index contributed by atoms with van der Waals surface area (Å²) in [6.07, 6.45) is 8.11. The molecule has 23 heavy (non-hydrogen) atoms. The minimum absolute atomic E-state index is 0.0510. The molecule has 0 aliphatic heterocycles. The third-order valence-electron chi connectivity index (χ3n) is 3.89. The summed E-state index contributed by atoms with van der Waals surface area (Å²) in [5.41, 5.74) is 2.63. The number of amides is 1. The van der Waals surface area contributed by atoms with Crippen molar-refractivity contribution in [1.29, 1.82) is 0 Å². The molecule has 0 bridgehead atoms. The number of hydrogen-bond acceptors (Lipinski definition) is 4. The smallest absolute Gasteiger partial charge is 0.337 e. The van der Waals surface area contributed by atoms with E-state index in [0.717, 1.165) is 18.5 Å². The fourth-order valence-corrected chi connectivity index (χ4v) is 2.61. The van der Waals surface area contributed by atoms with Crippen molar-refractivity contribution in [2.45, 2.75) is 32.1 Å². The molecule has 0 unspecified atom stereocenters. The van der Waals surface area contributed by atoms with E-state index in [1.54, 1.807) is 18.2 Å². The lowest BCUT2D eigenvalue weighted by Crippen LogP contribution is -2.30. The lowest BCUT2D eigenvalue weighted by Gasteiger charge is -2.13. The van der Waals surface area contributed by atoms with Crippen LogP contribution in [0.2, 0.25) is 0 Å². The molecule has 0 heterocycles. The van der Waals surface area contributed by atoms with Gasteiger partial charge in [-0.3, -0.25) is 4.79 Å². The summed E-state index contributed by atoms with van der Waals surface area (Å²) in [5.74, 6) is -0.441. The van der Waals surface area contributed by atoms with Crippen LogP contribution < -0.4 is 10.6 Å². The van der Waals surface area contributed by atoms with Crippen molar-refractivity contribution in [3.63, 3.8) is 0 Å².